The van der Waals surface area contributed by atoms with E-state index in [1.54, 1.807) is 10.6 Å². The number of nitrogens with two attached hydrogens (primary N) is 1. The van der Waals surface area contributed by atoms with Crippen molar-refractivity contribution in [1.82, 2.24) is 20.1 Å². The summed E-state index contributed by atoms with van der Waals surface area (Å²) in [5, 5.41) is 22.1. The molecule has 3 heterocycles. The lowest BCUT2D eigenvalue weighted by atomic mass is 9.90. The van der Waals surface area contributed by atoms with Crippen molar-refractivity contribution in [2.45, 2.75) is 90.1 Å². The van der Waals surface area contributed by atoms with Gasteiger partial charge in [-0.05, 0) is 32.3 Å². The maximum atomic E-state index is 9.45. The summed E-state index contributed by atoms with van der Waals surface area (Å²) in [7, 11) is 0. The molecular weight excluding hydrogens is 464 g/mol. The fourth-order valence-electron chi connectivity index (χ4n) is 4.59. The first-order valence-corrected chi connectivity index (χ1v) is 13.0. The molecule has 4 atom stereocenters. The molecule has 2 aromatic heterocycles. The molecule has 0 unspecified atom stereocenters. The van der Waals surface area contributed by atoms with Crippen molar-refractivity contribution in [2.75, 3.05) is 32.2 Å². The van der Waals surface area contributed by atoms with Gasteiger partial charge in [-0.2, -0.15) is 5.10 Å². The van der Waals surface area contributed by atoms with Crippen LogP contribution in [0.15, 0.2) is 12.4 Å². The Hall–Kier alpha value is -2.31. The summed E-state index contributed by atoms with van der Waals surface area (Å²) in [5.74, 6) is -0.0323. The predicted molar refractivity (Wildman–Crippen MR) is 136 cm³/mol. The van der Waals surface area contributed by atoms with Crippen molar-refractivity contribution in [3.8, 4) is 0 Å². The van der Waals surface area contributed by atoms with Crippen molar-refractivity contribution in [3.63, 3.8) is 0 Å². The SMILES string of the molecule is CCCCOC[C@H]1O[C@@H](c2cc(C(=N)NO)c3c(N)ncnn23)[C@](C)(OCCCC)[C@@H]1OCCCC. The minimum absolute atomic E-state index is 0.188. The zero-order valence-electron chi connectivity index (χ0n) is 22.0. The lowest BCUT2D eigenvalue weighted by Gasteiger charge is -2.35. The number of hydroxylamine groups is 1. The highest BCUT2D eigenvalue weighted by atomic mass is 16.6. The maximum absolute atomic E-state index is 9.45. The van der Waals surface area contributed by atoms with Crippen LogP contribution in [0.2, 0.25) is 0 Å². The summed E-state index contributed by atoms with van der Waals surface area (Å²) in [4.78, 5) is 4.08. The van der Waals surface area contributed by atoms with E-state index in [2.05, 4.69) is 30.9 Å². The Morgan fingerprint density at radius 1 is 1.19 bits per heavy atom. The van der Waals surface area contributed by atoms with Crippen LogP contribution in [0, 0.1) is 5.41 Å². The van der Waals surface area contributed by atoms with Crippen molar-refractivity contribution < 1.29 is 24.2 Å². The number of nitrogens with zero attached hydrogens (tertiary/aromatic N) is 3. The molecule has 11 nitrogen and oxygen atoms in total. The average molecular weight is 507 g/mol. The lowest BCUT2D eigenvalue weighted by Crippen LogP contribution is -2.48. The molecule has 1 fully saturated rings. The number of nitrogen functional groups attached to an aromatic ring is 1. The number of aromatic nitrogens is 3. The molecule has 3 rings (SSSR count). The van der Waals surface area contributed by atoms with Crippen LogP contribution < -0.4 is 11.2 Å². The van der Waals surface area contributed by atoms with Gasteiger partial charge in [0.25, 0.3) is 0 Å². The minimum Gasteiger partial charge on any atom is -0.382 e. The molecule has 0 aromatic carbocycles. The Labute approximate surface area is 213 Å². The van der Waals surface area contributed by atoms with Crippen LogP contribution in [0.4, 0.5) is 5.82 Å². The van der Waals surface area contributed by atoms with Gasteiger partial charge in [-0.1, -0.05) is 40.0 Å². The van der Waals surface area contributed by atoms with Gasteiger partial charge in [-0.25, -0.2) is 9.50 Å². The van der Waals surface area contributed by atoms with E-state index in [1.165, 1.54) is 6.33 Å². The maximum Gasteiger partial charge on any atom is 0.152 e. The summed E-state index contributed by atoms with van der Waals surface area (Å²) in [6.07, 6.45) is 5.88. The van der Waals surface area contributed by atoms with Crippen LogP contribution in [0.1, 0.15) is 83.6 Å². The van der Waals surface area contributed by atoms with E-state index in [4.69, 9.17) is 30.1 Å². The average Bonchev–Trinajstić information content (AvgIpc) is 3.38. The van der Waals surface area contributed by atoms with Crippen LogP contribution in [0.3, 0.4) is 0 Å². The van der Waals surface area contributed by atoms with E-state index in [1.807, 2.05) is 12.4 Å². The predicted octanol–water partition coefficient (Wildman–Crippen LogP) is 3.63. The third-order valence-electron chi connectivity index (χ3n) is 6.62. The molecule has 202 valence electrons. The summed E-state index contributed by atoms with van der Waals surface area (Å²) < 4.78 is 27.2. The molecular formula is C25H42N6O5. The van der Waals surface area contributed by atoms with E-state index in [0.29, 0.717) is 43.2 Å². The minimum atomic E-state index is -0.859. The van der Waals surface area contributed by atoms with Crippen LogP contribution in [-0.2, 0) is 18.9 Å². The van der Waals surface area contributed by atoms with Gasteiger partial charge in [-0.3, -0.25) is 16.1 Å². The molecule has 5 N–H and O–H groups in total. The number of anilines is 1. The first-order chi connectivity index (χ1) is 17.4. The summed E-state index contributed by atoms with van der Waals surface area (Å²) >= 11 is 0. The van der Waals surface area contributed by atoms with Gasteiger partial charge in [0.05, 0.1) is 12.3 Å². The normalized spacial score (nSPS) is 24.0. The third-order valence-corrected chi connectivity index (χ3v) is 6.62. The Morgan fingerprint density at radius 3 is 2.58 bits per heavy atom. The topological polar surface area (TPSA) is 149 Å². The second kappa shape index (κ2) is 13.3. The molecule has 0 saturated carbocycles. The molecule has 1 aliphatic rings. The number of fused-ring (bicyclic) bond motifs is 1. The van der Waals surface area contributed by atoms with Gasteiger partial charge in [0.1, 0.15) is 35.8 Å². The van der Waals surface area contributed by atoms with Crippen LogP contribution in [0.25, 0.3) is 5.52 Å². The molecule has 2 aromatic rings. The van der Waals surface area contributed by atoms with Gasteiger partial charge in [0.15, 0.2) is 11.7 Å². The fourth-order valence-corrected chi connectivity index (χ4v) is 4.59. The van der Waals surface area contributed by atoms with Gasteiger partial charge in [-0.15, -0.1) is 0 Å². The molecule has 0 bridgehead atoms. The van der Waals surface area contributed by atoms with E-state index in [9.17, 15) is 5.21 Å². The number of amidine groups is 1. The van der Waals surface area contributed by atoms with Crippen LogP contribution in [-0.4, -0.2) is 69.9 Å². The van der Waals surface area contributed by atoms with Crippen molar-refractivity contribution in [2.24, 2.45) is 0 Å². The highest BCUT2D eigenvalue weighted by molar-refractivity contribution is 6.04. The number of hydrogen-bond donors (Lipinski definition) is 4. The van der Waals surface area contributed by atoms with E-state index in [0.717, 1.165) is 38.5 Å². The quantitative estimate of drug-likeness (QED) is 0.123. The molecule has 1 saturated heterocycles. The highest BCUT2D eigenvalue weighted by Gasteiger charge is 2.57. The molecule has 0 spiro atoms. The third kappa shape index (κ3) is 5.97. The Balaban J connectivity index is 2.06. The monoisotopic (exact) mass is 506 g/mol. The molecule has 0 aliphatic carbocycles. The zero-order valence-corrected chi connectivity index (χ0v) is 22.0. The summed E-state index contributed by atoms with van der Waals surface area (Å²) in [6.45, 7) is 10.5. The standard InChI is InChI=1S/C25H42N6O5/c1-5-8-11-33-15-19-22(34-12-9-6-2)25(4,35-13-10-7-3)21(36-19)18-14-17(23(26)30-32)20-24(27)28-16-29-31(18)20/h14,16,19,21-22,32H,5-13,15H2,1-4H3,(H2,26,30)(H2,27,28,29)/t19-,21+,22-,25+/m1/s1. The largest absolute Gasteiger partial charge is 0.382 e. The van der Waals surface area contributed by atoms with E-state index >= 15 is 0 Å². The Kier molecular flexibility index (Phi) is 10.4. The van der Waals surface area contributed by atoms with Crippen LogP contribution >= 0.6 is 0 Å². The van der Waals surface area contributed by atoms with Gasteiger partial charge in [0.2, 0.25) is 0 Å². The van der Waals surface area contributed by atoms with Crippen molar-refractivity contribution >= 4 is 17.2 Å². The summed E-state index contributed by atoms with van der Waals surface area (Å²) in [5.41, 5.74) is 8.60. The second-order valence-corrected chi connectivity index (χ2v) is 9.39. The summed E-state index contributed by atoms with van der Waals surface area (Å²) in [6, 6.07) is 1.74. The molecule has 11 heteroatoms. The number of unbranched alkanes of at least 4 members (excludes halogenated alkanes) is 3. The molecule has 0 radical (unpaired) electrons. The number of ether oxygens (including phenoxy) is 4. The first-order valence-electron chi connectivity index (χ1n) is 13.0. The fraction of sp³-hybridized carbons (Fsp3) is 0.720. The smallest absolute Gasteiger partial charge is 0.152 e. The van der Waals surface area contributed by atoms with Gasteiger partial charge >= 0.3 is 0 Å². The Bertz CT molecular complexity index is 985. The number of hydrogen-bond acceptors (Lipinski definition) is 9. The van der Waals surface area contributed by atoms with Crippen molar-refractivity contribution in [1.29, 1.82) is 5.41 Å². The Morgan fingerprint density at radius 2 is 1.89 bits per heavy atom. The number of nitrogens with one attached hydrogen (secondary N) is 2. The van der Waals surface area contributed by atoms with E-state index in [-0.39, 0.29) is 23.9 Å². The highest BCUT2D eigenvalue weighted by Crippen LogP contribution is 2.47. The molecule has 1 aliphatic heterocycles. The van der Waals surface area contributed by atoms with Gasteiger partial charge in [0, 0.05) is 25.4 Å². The van der Waals surface area contributed by atoms with E-state index < -0.39 is 11.7 Å². The molecule has 0 amide bonds. The number of rotatable bonds is 15. The van der Waals surface area contributed by atoms with Gasteiger partial charge < -0.3 is 24.7 Å². The lowest BCUT2D eigenvalue weighted by molar-refractivity contribution is -0.138. The van der Waals surface area contributed by atoms with Crippen molar-refractivity contribution in [3.05, 3.63) is 23.7 Å². The molecule has 36 heavy (non-hydrogen) atoms. The zero-order chi connectivity index (χ0) is 26.1. The first kappa shape index (κ1) is 28.3. The second-order valence-electron chi connectivity index (χ2n) is 9.39. The van der Waals surface area contributed by atoms with Crippen LogP contribution in [0.5, 0.6) is 0 Å².